The first-order valence-corrected chi connectivity index (χ1v) is 7.23. The first kappa shape index (κ1) is 16.5. The van der Waals surface area contributed by atoms with Crippen LogP contribution in [0.15, 0.2) is 18.2 Å². The molecule has 1 fully saturated rings. The molecule has 4 nitrogen and oxygen atoms in total. The number of hydrogen-bond donors (Lipinski definition) is 1. The highest BCUT2D eigenvalue weighted by atomic mass is 19.4. The van der Waals surface area contributed by atoms with E-state index in [4.69, 9.17) is 0 Å². The molecular weight excluding hydrogens is 295 g/mol. The second-order valence-electron chi connectivity index (χ2n) is 5.60. The molecule has 1 aliphatic rings. The topological polar surface area (TPSA) is 35.6 Å². The third kappa shape index (κ3) is 3.84. The maximum Gasteiger partial charge on any atom is 0.416 e. The van der Waals surface area contributed by atoms with Gasteiger partial charge in [-0.25, -0.2) is 4.79 Å². The lowest BCUT2D eigenvalue weighted by atomic mass is 10.1. The molecule has 0 unspecified atom stereocenters. The number of amides is 2. The minimum Gasteiger partial charge on any atom is -0.370 e. The van der Waals surface area contributed by atoms with E-state index in [1.165, 1.54) is 11.0 Å². The van der Waals surface area contributed by atoms with E-state index in [9.17, 15) is 18.0 Å². The fourth-order valence-electron chi connectivity index (χ4n) is 2.45. The van der Waals surface area contributed by atoms with Gasteiger partial charge in [-0.15, -0.1) is 0 Å². The van der Waals surface area contributed by atoms with Crippen LogP contribution in [0.25, 0.3) is 0 Å². The van der Waals surface area contributed by atoms with E-state index in [-0.39, 0.29) is 5.69 Å². The third-order valence-corrected chi connectivity index (χ3v) is 3.67. The summed E-state index contributed by atoms with van der Waals surface area (Å²) in [7, 11) is 3.09. The highest BCUT2D eigenvalue weighted by molar-refractivity contribution is 5.93. The van der Waals surface area contributed by atoms with Gasteiger partial charge in [0.25, 0.3) is 0 Å². The Bertz CT molecular complexity index is 537. The number of piperidine rings is 1. The van der Waals surface area contributed by atoms with Crippen LogP contribution < -0.4 is 10.2 Å². The third-order valence-electron chi connectivity index (χ3n) is 3.67. The largest absolute Gasteiger partial charge is 0.416 e. The van der Waals surface area contributed by atoms with E-state index in [0.29, 0.717) is 5.69 Å². The zero-order valence-corrected chi connectivity index (χ0v) is 12.7. The van der Waals surface area contributed by atoms with E-state index < -0.39 is 17.8 Å². The van der Waals surface area contributed by atoms with Crippen molar-refractivity contribution in [2.75, 3.05) is 37.4 Å². The summed E-state index contributed by atoms with van der Waals surface area (Å²) < 4.78 is 38.7. The van der Waals surface area contributed by atoms with Crippen LogP contribution in [0.1, 0.15) is 24.8 Å². The molecule has 7 heteroatoms. The van der Waals surface area contributed by atoms with Crippen molar-refractivity contribution in [2.24, 2.45) is 0 Å². The zero-order valence-electron chi connectivity index (χ0n) is 12.7. The molecule has 0 atom stereocenters. The van der Waals surface area contributed by atoms with Crippen molar-refractivity contribution in [2.45, 2.75) is 25.4 Å². The number of nitrogens with one attached hydrogen (secondary N) is 1. The van der Waals surface area contributed by atoms with E-state index in [1.54, 1.807) is 14.1 Å². The number of hydrogen-bond acceptors (Lipinski definition) is 2. The summed E-state index contributed by atoms with van der Waals surface area (Å²) in [6.45, 7) is 1.58. The molecule has 1 heterocycles. The molecule has 1 aromatic rings. The molecule has 1 saturated heterocycles. The number of urea groups is 1. The Morgan fingerprint density at radius 2 is 1.82 bits per heavy atom. The van der Waals surface area contributed by atoms with Gasteiger partial charge in [0, 0.05) is 27.2 Å². The normalized spacial score (nSPS) is 15.6. The van der Waals surface area contributed by atoms with Crippen molar-refractivity contribution in [1.29, 1.82) is 0 Å². The summed E-state index contributed by atoms with van der Waals surface area (Å²) in [5.41, 5.74) is 0.0839. The van der Waals surface area contributed by atoms with Crippen LogP contribution in [0.5, 0.6) is 0 Å². The second kappa shape index (κ2) is 6.46. The molecular formula is C15H20F3N3O. The summed E-state index contributed by atoms with van der Waals surface area (Å²) >= 11 is 0. The maximum atomic E-state index is 12.9. The Labute approximate surface area is 127 Å². The molecule has 22 heavy (non-hydrogen) atoms. The van der Waals surface area contributed by atoms with Crippen LogP contribution in [0.3, 0.4) is 0 Å². The molecule has 2 amide bonds. The van der Waals surface area contributed by atoms with Crippen LogP contribution in [0.4, 0.5) is 29.3 Å². The average molecular weight is 315 g/mol. The fourth-order valence-corrected chi connectivity index (χ4v) is 2.45. The lowest BCUT2D eigenvalue weighted by Crippen LogP contribution is -2.32. The Kier molecular flexibility index (Phi) is 4.83. The maximum absolute atomic E-state index is 12.9. The number of alkyl halides is 3. The molecule has 1 N–H and O–H groups in total. The predicted molar refractivity (Wildman–Crippen MR) is 80.2 cm³/mol. The van der Waals surface area contributed by atoms with Crippen molar-refractivity contribution in [3.8, 4) is 0 Å². The molecule has 1 aliphatic heterocycles. The van der Waals surface area contributed by atoms with E-state index in [0.717, 1.165) is 44.5 Å². The van der Waals surface area contributed by atoms with Crippen LogP contribution in [0.2, 0.25) is 0 Å². The van der Waals surface area contributed by atoms with Crippen LogP contribution in [-0.2, 0) is 6.18 Å². The minimum atomic E-state index is -4.43. The van der Waals surface area contributed by atoms with Gasteiger partial charge in [0.2, 0.25) is 0 Å². The van der Waals surface area contributed by atoms with Gasteiger partial charge >= 0.3 is 12.2 Å². The highest BCUT2D eigenvalue weighted by Crippen LogP contribution is 2.36. The lowest BCUT2D eigenvalue weighted by Gasteiger charge is -2.31. The monoisotopic (exact) mass is 315 g/mol. The second-order valence-corrected chi connectivity index (χ2v) is 5.60. The van der Waals surface area contributed by atoms with Gasteiger partial charge in [-0.2, -0.15) is 13.2 Å². The number of anilines is 2. The quantitative estimate of drug-likeness (QED) is 0.901. The first-order valence-electron chi connectivity index (χ1n) is 7.23. The Morgan fingerprint density at radius 1 is 1.18 bits per heavy atom. The molecule has 0 aliphatic carbocycles. The molecule has 122 valence electrons. The van der Waals surface area contributed by atoms with Crippen LogP contribution >= 0.6 is 0 Å². The zero-order chi connectivity index (χ0) is 16.3. The summed E-state index contributed by atoms with van der Waals surface area (Å²) in [6.07, 6.45) is -1.31. The van der Waals surface area contributed by atoms with Gasteiger partial charge < -0.3 is 15.1 Å². The van der Waals surface area contributed by atoms with Crippen molar-refractivity contribution < 1.29 is 18.0 Å². The smallest absolute Gasteiger partial charge is 0.370 e. The van der Waals surface area contributed by atoms with Gasteiger partial charge in [0.15, 0.2) is 0 Å². The molecule has 0 spiro atoms. The Hall–Kier alpha value is -1.92. The first-order chi connectivity index (χ1) is 10.3. The molecule has 0 radical (unpaired) electrons. The number of halogens is 3. The van der Waals surface area contributed by atoms with Gasteiger partial charge in [0.05, 0.1) is 16.9 Å². The number of benzene rings is 1. The highest BCUT2D eigenvalue weighted by Gasteiger charge is 2.31. The molecule has 1 aromatic carbocycles. The SMILES string of the molecule is CN(C)C(=O)Nc1cc(C(F)(F)F)ccc1N1CCCCC1. The number of carbonyl (C=O) groups is 1. The molecule has 0 aromatic heterocycles. The summed E-state index contributed by atoms with van der Waals surface area (Å²) in [4.78, 5) is 15.1. The van der Waals surface area contributed by atoms with E-state index in [1.807, 2.05) is 4.90 Å². The predicted octanol–water partition coefficient (Wildman–Crippen LogP) is 3.79. The minimum absolute atomic E-state index is 0.204. The number of rotatable bonds is 2. The van der Waals surface area contributed by atoms with Gasteiger partial charge in [-0.05, 0) is 37.5 Å². The molecule has 0 bridgehead atoms. The van der Waals surface area contributed by atoms with Gasteiger partial charge in [-0.1, -0.05) is 0 Å². The number of carbonyl (C=O) groups excluding carboxylic acids is 1. The molecule has 0 saturated carbocycles. The fraction of sp³-hybridized carbons (Fsp3) is 0.533. The van der Waals surface area contributed by atoms with Crippen molar-refractivity contribution >= 4 is 17.4 Å². The summed E-state index contributed by atoms with van der Waals surface area (Å²) in [5, 5.41) is 2.57. The number of nitrogens with zero attached hydrogens (tertiary/aromatic N) is 2. The van der Waals surface area contributed by atoms with Gasteiger partial charge in [-0.3, -0.25) is 0 Å². The van der Waals surface area contributed by atoms with Crippen molar-refractivity contribution in [3.63, 3.8) is 0 Å². The van der Waals surface area contributed by atoms with Gasteiger partial charge in [0.1, 0.15) is 0 Å². The molecule has 2 rings (SSSR count). The van der Waals surface area contributed by atoms with Crippen LogP contribution in [-0.4, -0.2) is 38.1 Å². The standard InChI is InChI=1S/C15H20F3N3O/c1-20(2)14(22)19-12-10-11(15(16,17)18)6-7-13(12)21-8-4-3-5-9-21/h6-7,10H,3-5,8-9H2,1-2H3,(H,19,22). The van der Waals surface area contributed by atoms with E-state index in [2.05, 4.69) is 5.32 Å². The van der Waals surface area contributed by atoms with Crippen molar-refractivity contribution in [1.82, 2.24) is 4.90 Å². The summed E-state index contributed by atoms with van der Waals surface area (Å²) in [5.74, 6) is 0. The van der Waals surface area contributed by atoms with E-state index >= 15 is 0 Å². The summed E-state index contributed by atoms with van der Waals surface area (Å²) in [6, 6.07) is 3.07. The van der Waals surface area contributed by atoms with Crippen LogP contribution in [0, 0.1) is 0 Å². The average Bonchev–Trinajstić information content (AvgIpc) is 2.47. The Balaban J connectivity index is 2.36. The van der Waals surface area contributed by atoms with Crippen molar-refractivity contribution in [3.05, 3.63) is 23.8 Å². The lowest BCUT2D eigenvalue weighted by molar-refractivity contribution is -0.137. The Morgan fingerprint density at radius 3 is 2.36 bits per heavy atom.